The molecule has 0 radical (unpaired) electrons. The minimum absolute atomic E-state index is 0.529. The molecule has 1 aromatic rings. The Labute approximate surface area is 120 Å². The van der Waals surface area contributed by atoms with E-state index in [0.717, 1.165) is 18.7 Å². The third kappa shape index (κ3) is 5.25. The van der Waals surface area contributed by atoms with Crippen molar-refractivity contribution in [3.05, 3.63) is 16.1 Å². The first-order chi connectivity index (χ1) is 8.71. The van der Waals surface area contributed by atoms with Crippen LogP contribution < -0.4 is 0 Å². The van der Waals surface area contributed by atoms with Crippen molar-refractivity contribution in [1.82, 2.24) is 9.88 Å². The topological polar surface area (TPSA) is 16.1 Å². The maximum atomic E-state index is 5.78. The molecule has 0 N–H and O–H groups in total. The van der Waals surface area contributed by atoms with Crippen molar-refractivity contribution in [2.45, 2.75) is 58.4 Å². The van der Waals surface area contributed by atoms with Crippen LogP contribution in [0, 0.1) is 0 Å². The van der Waals surface area contributed by atoms with Gasteiger partial charge in [-0.25, -0.2) is 4.98 Å². The van der Waals surface area contributed by atoms with E-state index in [1.165, 1.54) is 30.8 Å². The summed E-state index contributed by atoms with van der Waals surface area (Å²) in [7, 11) is 0. The van der Waals surface area contributed by atoms with Crippen molar-refractivity contribution in [1.29, 1.82) is 0 Å². The smallest absolute Gasteiger partial charge is 0.0941 e. The molecule has 1 rings (SSSR count). The molecule has 0 aromatic carbocycles. The molecule has 1 unspecified atom stereocenters. The van der Waals surface area contributed by atoms with Gasteiger partial charge in [-0.05, 0) is 26.3 Å². The highest BCUT2D eigenvalue weighted by atomic mass is 35.5. The van der Waals surface area contributed by atoms with Gasteiger partial charge in [0, 0.05) is 24.4 Å². The predicted molar refractivity (Wildman–Crippen MR) is 81.6 cm³/mol. The van der Waals surface area contributed by atoms with Gasteiger partial charge >= 0.3 is 0 Å². The van der Waals surface area contributed by atoms with E-state index >= 15 is 0 Å². The van der Waals surface area contributed by atoms with E-state index in [1.54, 1.807) is 11.3 Å². The number of hydrogen-bond acceptors (Lipinski definition) is 3. The number of halogens is 1. The summed E-state index contributed by atoms with van der Waals surface area (Å²) in [4.78, 5) is 7.11. The summed E-state index contributed by atoms with van der Waals surface area (Å²) in [5.41, 5.74) is 1.01. The van der Waals surface area contributed by atoms with Gasteiger partial charge in [0.1, 0.15) is 0 Å². The number of aromatic nitrogens is 1. The van der Waals surface area contributed by atoms with Crippen LogP contribution in [0.1, 0.15) is 50.7 Å². The lowest BCUT2D eigenvalue weighted by molar-refractivity contribution is 0.203. The van der Waals surface area contributed by atoms with Crippen LogP contribution >= 0.6 is 22.9 Å². The number of alkyl halides is 1. The second-order valence-corrected chi connectivity index (χ2v) is 5.97. The van der Waals surface area contributed by atoms with Gasteiger partial charge in [0.2, 0.25) is 0 Å². The molecule has 1 aromatic heterocycles. The lowest BCUT2D eigenvalue weighted by Gasteiger charge is -2.27. The quantitative estimate of drug-likeness (QED) is 0.629. The van der Waals surface area contributed by atoms with Crippen molar-refractivity contribution in [2.24, 2.45) is 0 Å². The van der Waals surface area contributed by atoms with Gasteiger partial charge in [0.25, 0.3) is 0 Å². The maximum Gasteiger partial charge on any atom is 0.0941 e. The molecule has 18 heavy (non-hydrogen) atoms. The monoisotopic (exact) mass is 288 g/mol. The largest absolute Gasteiger partial charge is 0.300 e. The number of nitrogens with zero attached hydrogens (tertiary/aromatic N) is 2. The SMILES string of the molecule is CCCCN(CCc1nc(CCl)cs1)C(C)CC. The number of rotatable bonds is 9. The van der Waals surface area contributed by atoms with Crippen molar-refractivity contribution < 1.29 is 0 Å². The Kier molecular flexibility index (Phi) is 7.87. The molecule has 1 heterocycles. The van der Waals surface area contributed by atoms with Gasteiger partial charge in [-0.3, -0.25) is 0 Å². The zero-order valence-corrected chi connectivity index (χ0v) is 13.4. The third-order valence-electron chi connectivity index (χ3n) is 3.36. The van der Waals surface area contributed by atoms with Crippen LogP contribution in [-0.4, -0.2) is 29.0 Å². The molecule has 0 aliphatic rings. The first-order valence-electron chi connectivity index (χ1n) is 6.94. The first kappa shape index (κ1) is 15.9. The fourth-order valence-electron chi connectivity index (χ4n) is 1.94. The molecule has 0 aliphatic carbocycles. The minimum atomic E-state index is 0.529. The van der Waals surface area contributed by atoms with E-state index in [0.29, 0.717) is 11.9 Å². The Morgan fingerprint density at radius 2 is 2.17 bits per heavy atom. The highest BCUT2D eigenvalue weighted by molar-refractivity contribution is 7.09. The Morgan fingerprint density at radius 3 is 2.72 bits per heavy atom. The summed E-state index contributed by atoms with van der Waals surface area (Å²) in [6.45, 7) is 9.16. The fourth-order valence-corrected chi connectivity index (χ4v) is 2.95. The normalized spacial score (nSPS) is 13.2. The summed E-state index contributed by atoms with van der Waals surface area (Å²) in [5.74, 6) is 0.529. The Balaban J connectivity index is 2.44. The van der Waals surface area contributed by atoms with E-state index in [1.807, 2.05) is 0 Å². The molecule has 0 aliphatic heterocycles. The van der Waals surface area contributed by atoms with Gasteiger partial charge < -0.3 is 4.90 Å². The molecule has 2 nitrogen and oxygen atoms in total. The minimum Gasteiger partial charge on any atom is -0.300 e. The summed E-state index contributed by atoms with van der Waals surface area (Å²) >= 11 is 7.52. The van der Waals surface area contributed by atoms with Gasteiger partial charge in [-0.2, -0.15) is 0 Å². The van der Waals surface area contributed by atoms with Gasteiger partial charge in [0.05, 0.1) is 16.6 Å². The zero-order valence-electron chi connectivity index (χ0n) is 11.8. The van der Waals surface area contributed by atoms with E-state index in [9.17, 15) is 0 Å². The third-order valence-corrected chi connectivity index (χ3v) is 4.59. The average Bonchev–Trinajstić information content (AvgIpc) is 2.86. The summed E-state index contributed by atoms with van der Waals surface area (Å²) in [6.07, 6.45) is 4.82. The molecule has 0 saturated carbocycles. The van der Waals surface area contributed by atoms with E-state index in [-0.39, 0.29) is 0 Å². The van der Waals surface area contributed by atoms with Crippen LogP contribution in [0.3, 0.4) is 0 Å². The molecule has 1 atom stereocenters. The van der Waals surface area contributed by atoms with E-state index in [2.05, 4.69) is 36.0 Å². The second-order valence-electron chi connectivity index (χ2n) is 4.76. The van der Waals surface area contributed by atoms with Crippen LogP contribution in [-0.2, 0) is 12.3 Å². The van der Waals surface area contributed by atoms with Crippen LogP contribution in [0.2, 0.25) is 0 Å². The standard InChI is InChI=1S/C14H25ClN2S/c1-4-6-8-17(12(3)5-2)9-7-14-16-13(10-15)11-18-14/h11-12H,4-10H2,1-3H3. The Hall–Kier alpha value is -0.120. The number of thiazole rings is 1. The molecule has 0 amide bonds. The van der Waals surface area contributed by atoms with Gasteiger partial charge in [0.15, 0.2) is 0 Å². The van der Waals surface area contributed by atoms with Gasteiger partial charge in [-0.1, -0.05) is 20.3 Å². The number of unbranched alkanes of at least 4 members (excludes halogenated alkanes) is 1. The fraction of sp³-hybridized carbons (Fsp3) is 0.786. The highest BCUT2D eigenvalue weighted by Gasteiger charge is 2.12. The van der Waals surface area contributed by atoms with Crippen molar-refractivity contribution >= 4 is 22.9 Å². The predicted octanol–water partition coefficient (Wildman–Crippen LogP) is 4.33. The first-order valence-corrected chi connectivity index (χ1v) is 8.35. The molecule has 0 spiro atoms. The molecule has 0 bridgehead atoms. The Morgan fingerprint density at radius 1 is 1.39 bits per heavy atom. The molecule has 0 fully saturated rings. The van der Waals surface area contributed by atoms with Gasteiger partial charge in [-0.15, -0.1) is 22.9 Å². The number of hydrogen-bond donors (Lipinski definition) is 0. The highest BCUT2D eigenvalue weighted by Crippen LogP contribution is 2.14. The van der Waals surface area contributed by atoms with Crippen LogP contribution in [0.4, 0.5) is 0 Å². The van der Waals surface area contributed by atoms with E-state index in [4.69, 9.17) is 11.6 Å². The molecular weight excluding hydrogens is 264 g/mol. The maximum absolute atomic E-state index is 5.78. The Bertz CT molecular complexity index is 327. The molecular formula is C14H25ClN2S. The van der Waals surface area contributed by atoms with Crippen LogP contribution in [0.25, 0.3) is 0 Å². The summed E-state index contributed by atoms with van der Waals surface area (Å²) < 4.78 is 0. The summed E-state index contributed by atoms with van der Waals surface area (Å²) in [5, 5.41) is 3.29. The van der Waals surface area contributed by atoms with Crippen molar-refractivity contribution in [2.75, 3.05) is 13.1 Å². The molecule has 4 heteroatoms. The lowest BCUT2D eigenvalue weighted by atomic mass is 10.2. The van der Waals surface area contributed by atoms with Crippen LogP contribution in [0.5, 0.6) is 0 Å². The van der Waals surface area contributed by atoms with Crippen LogP contribution in [0.15, 0.2) is 5.38 Å². The van der Waals surface area contributed by atoms with Crippen molar-refractivity contribution in [3.63, 3.8) is 0 Å². The summed E-state index contributed by atoms with van der Waals surface area (Å²) in [6, 6.07) is 0.670. The lowest BCUT2D eigenvalue weighted by Crippen LogP contribution is -2.35. The zero-order chi connectivity index (χ0) is 13.4. The van der Waals surface area contributed by atoms with Crippen molar-refractivity contribution in [3.8, 4) is 0 Å². The average molecular weight is 289 g/mol. The van der Waals surface area contributed by atoms with E-state index < -0.39 is 0 Å². The molecule has 104 valence electrons. The second kappa shape index (κ2) is 8.89. The molecule has 0 saturated heterocycles.